The van der Waals surface area contributed by atoms with E-state index in [-0.39, 0.29) is 16.4 Å². The third-order valence-corrected chi connectivity index (χ3v) is 7.47. The van der Waals surface area contributed by atoms with Gasteiger partial charge >= 0.3 is 0 Å². The lowest BCUT2D eigenvalue weighted by molar-refractivity contribution is -0.118. The molecule has 178 valence electrons. The largest absolute Gasteiger partial charge is 0.454 e. The van der Waals surface area contributed by atoms with Crippen LogP contribution in [0, 0.1) is 5.82 Å². The normalized spacial score (nSPS) is 12.2. The quantitative estimate of drug-likeness (QED) is 0.344. The molecule has 4 aromatic rings. The van der Waals surface area contributed by atoms with Crippen LogP contribution in [0.3, 0.4) is 0 Å². The molecule has 35 heavy (non-hydrogen) atoms. The molecule has 0 saturated carbocycles. The highest BCUT2D eigenvalue weighted by Crippen LogP contribution is 2.38. The van der Waals surface area contributed by atoms with Gasteiger partial charge in [0.25, 0.3) is 0 Å². The molecule has 5 nitrogen and oxygen atoms in total. The average Bonchev–Trinajstić information content (AvgIpc) is 2.86. The molecule has 0 aliphatic heterocycles. The zero-order chi connectivity index (χ0) is 25.0. The summed E-state index contributed by atoms with van der Waals surface area (Å²) >= 11 is 0. The van der Waals surface area contributed by atoms with Gasteiger partial charge in [-0.2, -0.15) is 0 Å². The number of amides is 1. The van der Waals surface area contributed by atoms with Crippen molar-refractivity contribution in [1.82, 2.24) is 0 Å². The number of halogens is 1. The van der Waals surface area contributed by atoms with Gasteiger partial charge in [-0.25, -0.2) is 12.8 Å². The van der Waals surface area contributed by atoms with Crippen molar-refractivity contribution >= 4 is 15.7 Å². The fourth-order valence-corrected chi connectivity index (χ4v) is 4.74. The van der Waals surface area contributed by atoms with Crippen molar-refractivity contribution < 1.29 is 22.3 Å². The molecule has 0 spiro atoms. The number of para-hydroxylation sites is 1. The highest BCUT2D eigenvalue weighted by atomic mass is 32.2. The summed E-state index contributed by atoms with van der Waals surface area (Å²) in [5.74, 6) is -1.61. The highest BCUT2D eigenvalue weighted by molar-refractivity contribution is 7.91. The lowest BCUT2D eigenvalue weighted by Crippen LogP contribution is -2.22. The Morgan fingerprint density at radius 3 is 2.11 bits per heavy atom. The van der Waals surface area contributed by atoms with E-state index in [0.717, 1.165) is 5.56 Å². The average molecular weight is 490 g/mol. The van der Waals surface area contributed by atoms with E-state index in [1.165, 1.54) is 24.3 Å². The molecule has 1 unspecified atom stereocenters. The van der Waals surface area contributed by atoms with E-state index in [1.807, 2.05) is 30.3 Å². The molecular weight excluding hydrogens is 465 g/mol. The summed E-state index contributed by atoms with van der Waals surface area (Å²) in [7, 11) is -3.38. The second-order valence-electron chi connectivity index (χ2n) is 7.96. The van der Waals surface area contributed by atoms with Gasteiger partial charge in [-0.05, 0) is 47.0 Å². The van der Waals surface area contributed by atoms with Gasteiger partial charge in [0.2, 0.25) is 5.91 Å². The number of hydrogen-bond donors (Lipinski definition) is 1. The van der Waals surface area contributed by atoms with E-state index in [2.05, 4.69) is 0 Å². The summed E-state index contributed by atoms with van der Waals surface area (Å²) < 4.78 is 44.7. The topological polar surface area (TPSA) is 86.5 Å². The molecule has 0 bridgehead atoms. The summed E-state index contributed by atoms with van der Waals surface area (Å²) in [6, 6.07) is 26.9. The third-order valence-electron chi connectivity index (χ3n) is 5.72. The maximum absolute atomic E-state index is 14.4. The number of ether oxygens (including phenoxy) is 1. The van der Waals surface area contributed by atoms with Gasteiger partial charge in [-0.15, -0.1) is 0 Å². The van der Waals surface area contributed by atoms with Crippen LogP contribution in [0.25, 0.3) is 11.1 Å². The van der Waals surface area contributed by atoms with Crippen LogP contribution < -0.4 is 10.5 Å². The summed E-state index contributed by atoms with van der Waals surface area (Å²) in [4.78, 5) is 12.7. The SMILES string of the molecule is CCS(=O)(=O)c1ccc(C(C(N)=O)c2ccc(-c3ccccc3)c(Oc3ccccc3F)c2)cc1. The Bertz CT molecular complexity index is 1450. The van der Waals surface area contributed by atoms with Crippen molar-refractivity contribution in [2.75, 3.05) is 5.75 Å². The molecule has 4 rings (SSSR count). The Morgan fingerprint density at radius 2 is 1.49 bits per heavy atom. The second kappa shape index (κ2) is 10.1. The van der Waals surface area contributed by atoms with Crippen LogP contribution in [-0.4, -0.2) is 20.1 Å². The van der Waals surface area contributed by atoms with Gasteiger partial charge in [0, 0.05) is 5.56 Å². The number of sulfone groups is 1. The van der Waals surface area contributed by atoms with Crippen LogP contribution in [-0.2, 0) is 14.6 Å². The number of benzene rings is 4. The van der Waals surface area contributed by atoms with E-state index in [0.29, 0.717) is 22.4 Å². The van der Waals surface area contributed by atoms with Crippen LogP contribution in [0.1, 0.15) is 24.0 Å². The predicted molar refractivity (Wildman–Crippen MR) is 134 cm³/mol. The number of hydrogen-bond acceptors (Lipinski definition) is 4. The molecule has 0 saturated heterocycles. The molecular formula is C28H24FNO4S. The summed E-state index contributed by atoms with van der Waals surface area (Å²) in [6.07, 6.45) is 0. The minimum Gasteiger partial charge on any atom is -0.454 e. The van der Waals surface area contributed by atoms with E-state index in [4.69, 9.17) is 10.5 Å². The maximum Gasteiger partial charge on any atom is 0.229 e. The molecule has 4 aromatic carbocycles. The Morgan fingerprint density at radius 1 is 0.857 bits per heavy atom. The maximum atomic E-state index is 14.4. The molecule has 0 heterocycles. The molecule has 0 aromatic heterocycles. The van der Waals surface area contributed by atoms with E-state index in [9.17, 15) is 17.6 Å². The van der Waals surface area contributed by atoms with Gasteiger partial charge in [-0.3, -0.25) is 4.79 Å². The van der Waals surface area contributed by atoms with Crippen molar-refractivity contribution in [1.29, 1.82) is 0 Å². The van der Waals surface area contributed by atoms with Crippen LogP contribution >= 0.6 is 0 Å². The fourth-order valence-electron chi connectivity index (χ4n) is 3.86. The van der Waals surface area contributed by atoms with Crippen molar-refractivity contribution in [2.24, 2.45) is 5.73 Å². The molecule has 0 aliphatic rings. The number of rotatable bonds is 8. The van der Waals surface area contributed by atoms with Gasteiger partial charge in [-0.1, -0.05) is 73.7 Å². The Kier molecular flexibility index (Phi) is 6.98. The molecule has 1 atom stereocenters. The van der Waals surface area contributed by atoms with Crippen LogP contribution in [0.4, 0.5) is 4.39 Å². The van der Waals surface area contributed by atoms with Crippen LogP contribution in [0.5, 0.6) is 11.5 Å². The van der Waals surface area contributed by atoms with Gasteiger partial charge in [0.15, 0.2) is 21.4 Å². The minimum atomic E-state index is -3.38. The van der Waals surface area contributed by atoms with E-state index in [1.54, 1.807) is 49.4 Å². The Balaban J connectivity index is 1.80. The number of nitrogens with two attached hydrogens (primary N) is 1. The number of carbonyl (C=O) groups excluding carboxylic acids is 1. The lowest BCUT2D eigenvalue weighted by atomic mass is 9.89. The van der Waals surface area contributed by atoms with E-state index < -0.39 is 27.5 Å². The molecule has 7 heteroatoms. The summed E-state index contributed by atoms with van der Waals surface area (Å²) in [5.41, 5.74) is 8.41. The molecule has 0 radical (unpaired) electrons. The van der Waals surface area contributed by atoms with Crippen molar-refractivity contribution in [3.63, 3.8) is 0 Å². The van der Waals surface area contributed by atoms with Gasteiger partial charge < -0.3 is 10.5 Å². The summed E-state index contributed by atoms with van der Waals surface area (Å²) in [6.45, 7) is 1.57. The molecule has 0 fully saturated rings. The number of carbonyl (C=O) groups is 1. The van der Waals surface area contributed by atoms with Crippen molar-refractivity contribution in [2.45, 2.75) is 17.7 Å². The molecule has 2 N–H and O–H groups in total. The van der Waals surface area contributed by atoms with Gasteiger partial charge in [0.05, 0.1) is 16.6 Å². The minimum absolute atomic E-state index is 0.0245. The number of primary amides is 1. The Labute approximate surface area is 203 Å². The molecule has 1 amide bonds. The zero-order valence-corrected chi connectivity index (χ0v) is 19.8. The Hall–Kier alpha value is -3.97. The first-order valence-corrected chi connectivity index (χ1v) is 12.7. The van der Waals surface area contributed by atoms with E-state index >= 15 is 0 Å². The third kappa shape index (κ3) is 5.25. The highest BCUT2D eigenvalue weighted by Gasteiger charge is 2.23. The smallest absolute Gasteiger partial charge is 0.229 e. The first kappa shape index (κ1) is 24.2. The molecule has 0 aliphatic carbocycles. The second-order valence-corrected chi connectivity index (χ2v) is 10.2. The fraction of sp³-hybridized carbons (Fsp3) is 0.107. The predicted octanol–water partition coefficient (Wildman–Crippen LogP) is 5.70. The van der Waals surface area contributed by atoms with Gasteiger partial charge in [0.1, 0.15) is 5.75 Å². The standard InChI is InChI=1S/C28H24FNO4S/c1-2-35(32,33)22-15-12-20(13-16-22)27(28(30)31)21-14-17-23(19-8-4-3-5-9-19)26(18-21)34-25-11-7-6-10-24(25)29/h3-18,27H,2H2,1H3,(H2,30,31). The monoisotopic (exact) mass is 489 g/mol. The lowest BCUT2D eigenvalue weighted by Gasteiger charge is -2.19. The zero-order valence-electron chi connectivity index (χ0n) is 19.0. The van der Waals surface area contributed by atoms with Crippen molar-refractivity contribution in [3.05, 3.63) is 114 Å². The first-order chi connectivity index (χ1) is 16.8. The summed E-state index contributed by atoms with van der Waals surface area (Å²) in [5, 5.41) is 0. The first-order valence-electron chi connectivity index (χ1n) is 11.0. The van der Waals surface area contributed by atoms with Crippen molar-refractivity contribution in [3.8, 4) is 22.6 Å². The van der Waals surface area contributed by atoms with Crippen LogP contribution in [0.15, 0.2) is 102 Å². The van der Waals surface area contributed by atoms with Crippen LogP contribution in [0.2, 0.25) is 0 Å².